The molecule has 3 aromatic rings. The Morgan fingerprint density at radius 2 is 1.49 bits per heavy atom. The number of para-hydroxylation sites is 1. The number of aliphatic imine (C=N–C) groups is 1. The van der Waals surface area contributed by atoms with Gasteiger partial charge < -0.3 is 59.9 Å². The number of fused-ring (bicyclic) bond motifs is 1. The Bertz CT molecular complexity index is 1410. The molecule has 1 amide bonds. The fourth-order valence-electron chi connectivity index (χ4n) is 5.38. The summed E-state index contributed by atoms with van der Waals surface area (Å²) in [5.41, 5.74) is 14.6. The van der Waals surface area contributed by atoms with Gasteiger partial charge in [0.25, 0.3) is 0 Å². The topological polar surface area (TPSA) is 226 Å². The molecule has 1 fully saturated rings. The molecular formula is C35H56N8O8. The molecule has 1 aromatic carbocycles. The van der Waals surface area contributed by atoms with Crippen molar-refractivity contribution in [2.45, 2.75) is 38.0 Å². The number of benzene rings is 1. The van der Waals surface area contributed by atoms with Crippen LogP contribution in [0.5, 0.6) is 5.75 Å². The third kappa shape index (κ3) is 15.5. The van der Waals surface area contributed by atoms with Gasteiger partial charge in [-0.25, -0.2) is 9.98 Å². The molecule has 0 aliphatic heterocycles. The second kappa shape index (κ2) is 26.0. The van der Waals surface area contributed by atoms with Crippen LogP contribution in [-0.4, -0.2) is 133 Å². The monoisotopic (exact) mass is 716 g/mol. The molecule has 1 aliphatic rings. The summed E-state index contributed by atoms with van der Waals surface area (Å²) < 4.78 is 37.2. The number of hydrogen-bond donors (Lipinski definition) is 6. The molecule has 8 N–H and O–H groups in total. The van der Waals surface area contributed by atoms with Crippen molar-refractivity contribution in [3.05, 3.63) is 35.8 Å². The van der Waals surface area contributed by atoms with E-state index in [1.807, 2.05) is 24.3 Å². The Balaban J connectivity index is 0.000000278. The van der Waals surface area contributed by atoms with Crippen LogP contribution >= 0.6 is 0 Å². The summed E-state index contributed by atoms with van der Waals surface area (Å²) in [5.74, 6) is 2.41. The van der Waals surface area contributed by atoms with Gasteiger partial charge in [0.2, 0.25) is 6.41 Å². The number of H-pyrrole nitrogens is 2. The Morgan fingerprint density at radius 1 is 0.902 bits per heavy atom. The van der Waals surface area contributed by atoms with E-state index in [1.165, 1.54) is 19.3 Å². The lowest BCUT2D eigenvalue weighted by atomic mass is 9.89. The third-order valence-corrected chi connectivity index (χ3v) is 7.86. The number of rotatable bonds is 26. The van der Waals surface area contributed by atoms with Crippen LogP contribution < -0.4 is 21.5 Å². The molecule has 0 atom stereocenters. The van der Waals surface area contributed by atoms with Gasteiger partial charge in [-0.1, -0.05) is 31.4 Å². The van der Waals surface area contributed by atoms with Gasteiger partial charge in [-0.15, -0.1) is 0 Å². The summed E-state index contributed by atoms with van der Waals surface area (Å²) in [7, 11) is 1.66. The van der Waals surface area contributed by atoms with Crippen LogP contribution in [0.25, 0.3) is 22.3 Å². The molecule has 1 aliphatic carbocycles. The van der Waals surface area contributed by atoms with Crippen LogP contribution in [-0.2, 0) is 33.2 Å². The van der Waals surface area contributed by atoms with Gasteiger partial charge in [-0.05, 0) is 25.0 Å². The predicted octanol–water partition coefficient (Wildman–Crippen LogP) is 2.72. The van der Waals surface area contributed by atoms with E-state index < -0.39 is 0 Å². The first-order valence-corrected chi connectivity index (χ1v) is 17.5. The number of nitrogens with zero attached hydrogens (tertiary/aromatic N) is 2. The standard InChI is InChI=1S/C20H24N6O.C15H32N2O7/c1-27-15-9-5-8-13-10-14(24-16(13)15)17-18(19(22)23-11-21)26-20(25-17)12-6-3-2-4-7-12;16-1-3-19-5-7-21-9-11-23-13-14-24-12-10-22-8-6-20-4-2-17-15-18/h5,8-12,24H,2-4,6-7H2,1H3,(H,25,26)(H3,21,22,23);15H,1-14,16H2,(H,17,18). The molecule has 0 radical (unpaired) electrons. The van der Waals surface area contributed by atoms with Crippen molar-refractivity contribution < 1.29 is 38.0 Å². The van der Waals surface area contributed by atoms with E-state index >= 15 is 0 Å². The van der Waals surface area contributed by atoms with Gasteiger partial charge in [0, 0.05) is 24.4 Å². The minimum absolute atomic E-state index is 0.264. The molecule has 0 spiro atoms. The maximum atomic E-state index is 9.97. The summed E-state index contributed by atoms with van der Waals surface area (Å²) in [6.45, 7) is 7.37. The number of imidazole rings is 1. The minimum atomic E-state index is 0.264. The zero-order valence-corrected chi connectivity index (χ0v) is 29.8. The molecule has 284 valence electrons. The maximum Gasteiger partial charge on any atom is 0.207 e. The summed E-state index contributed by atoms with van der Waals surface area (Å²) >= 11 is 0. The average molecular weight is 717 g/mol. The van der Waals surface area contributed by atoms with Crippen molar-refractivity contribution in [2.75, 3.05) is 99.5 Å². The van der Waals surface area contributed by atoms with Gasteiger partial charge in [-0.3, -0.25) is 10.2 Å². The molecule has 2 heterocycles. The number of carbonyl (C=O) groups excluding carboxylic acids is 1. The quantitative estimate of drug-likeness (QED) is 0.0306. The van der Waals surface area contributed by atoms with Crippen molar-refractivity contribution in [1.82, 2.24) is 20.3 Å². The molecule has 16 heteroatoms. The Hall–Kier alpha value is -3.90. The van der Waals surface area contributed by atoms with E-state index in [1.54, 1.807) is 7.11 Å². The summed E-state index contributed by atoms with van der Waals surface area (Å²) in [4.78, 5) is 25.6. The zero-order chi connectivity index (χ0) is 36.4. The molecule has 0 unspecified atom stereocenters. The second-order valence-electron chi connectivity index (χ2n) is 11.5. The van der Waals surface area contributed by atoms with Crippen LogP contribution in [0.2, 0.25) is 0 Å². The zero-order valence-electron chi connectivity index (χ0n) is 29.8. The second-order valence-corrected chi connectivity index (χ2v) is 11.5. The summed E-state index contributed by atoms with van der Waals surface area (Å²) in [6, 6.07) is 7.95. The summed E-state index contributed by atoms with van der Waals surface area (Å²) in [6.07, 6.45) is 7.61. The lowest BCUT2D eigenvalue weighted by Gasteiger charge is -2.19. The highest BCUT2D eigenvalue weighted by atomic mass is 16.6. The normalized spacial score (nSPS) is 13.6. The molecule has 4 rings (SSSR count). The number of nitrogens with two attached hydrogens (primary N) is 2. The highest BCUT2D eigenvalue weighted by Gasteiger charge is 2.24. The van der Waals surface area contributed by atoms with E-state index in [0.29, 0.717) is 110 Å². The fourth-order valence-corrected chi connectivity index (χ4v) is 5.38. The number of hydrogen-bond acceptors (Lipinski definition) is 11. The number of ether oxygens (including phenoxy) is 7. The van der Waals surface area contributed by atoms with Crippen LogP contribution in [0.15, 0.2) is 29.3 Å². The first-order chi connectivity index (χ1) is 25.1. The molecule has 1 saturated carbocycles. The van der Waals surface area contributed by atoms with Crippen molar-refractivity contribution in [1.29, 1.82) is 5.41 Å². The van der Waals surface area contributed by atoms with Crippen LogP contribution in [0.3, 0.4) is 0 Å². The highest BCUT2D eigenvalue weighted by molar-refractivity contribution is 6.04. The first kappa shape index (κ1) is 41.5. The Kier molecular flexibility index (Phi) is 21.1. The van der Waals surface area contributed by atoms with Gasteiger partial charge >= 0.3 is 0 Å². The maximum absolute atomic E-state index is 9.97. The van der Waals surface area contributed by atoms with Gasteiger partial charge in [0.05, 0.1) is 97.6 Å². The van der Waals surface area contributed by atoms with Crippen molar-refractivity contribution in [2.24, 2.45) is 16.5 Å². The smallest absolute Gasteiger partial charge is 0.207 e. The Morgan fingerprint density at radius 3 is 2.04 bits per heavy atom. The van der Waals surface area contributed by atoms with Crippen LogP contribution in [0, 0.1) is 5.41 Å². The highest BCUT2D eigenvalue weighted by Crippen LogP contribution is 2.35. The lowest BCUT2D eigenvalue weighted by Crippen LogP contribution is -2.19. The summed E-state index contributed by atoms with van der Waals surface area (Å²) in [5, 5.41) is 10.8. The van der Waals surface area contributed by atoms with Crippen molar-refractivity contribution in [3.63, 3.8) is 0 Å². The molecule has 0 saturated heterocycles. The molecule has 51 heavy (non-hydrogen) atoms. The van der Waals surface area contributed by atoms with E-state index in [2.05, 4.69) is 20.3 Å². The number of amides is 1. The molecule has 2 aromatic heterocycles. The van der Waals surface area contributed by atoms with E-state index in [-0.39, 0.29) is 5.84 Å². The largest absolute Gasteiger partial charge is 0.495 e. The fraction of sp³-hybridized carbons (Fsp3) is 0.600. The Labute approximate surface area is 299 Å². The molecular weight excluding hydrogens is 660 g/mol. The molecule has 16 nitrogen and oxygen atoms in total. The average Bonchev–Trinajstić information content (AvgIpc) is 3.80. The minimum Gasteiger partial charge on any atom is -0.495 e. The van der Waals surface area contributed by atoms with Gasteiger partial charge in [0.1, 0.15) is 29.3 Å². The van der Waals surface area contributed by atoms with E-state index in [9.17, 15) is 4.79 Å². The number of aromatic amines is 2. The number of amidine groups is 1. The number of nitrogens with one attached hydrogen (secondary N) is 4. The van der Waals surface area contributed by atoms with Crippen molar-refractivity contribution in [3.8, 4) is 17.1 Å². The number of methoxy groups -OCH3 is 1. The van der Waals surface area contributed by atoms with E-state index in [0.717, 1.165) is 53.0 Å². The number of carbonyl (C=O) groups is 1. The van der Waals surface area contributed by atoms with Gasteiger partial charge in [-0.2, -0.15) is 0 Å². The van der Waals surface area contributed by atoms with E-state index in [4.69, 9.17) is 55.0 Å². The van der Waals surface area contributed by atoms with Crippen molar-refractivity contribution >= 4 is 29.5 Å². The number of aromatic nitrogens is 3. The van der Waals surface area contributed by atoms with Crippen LogP contribution in [0.4, 0.5) is 0 Å². The van der Waals surface area contributed by atoms with Crippen LogP contribution in [0.1, 0.15) is 49.5 Å². The third-order valence-electron chi connectivity index (χ3n) is 7.86. The SMILES string of the molecule is COc1cccc2cc(-c3nc(C4CCCCC4)[nH]c3C(N)=NC=N)[nH]c12.NCCOCCOCCOCCOCCOCCOCCNC=O. The predicted molar refractivity (Wildman–Crippen MR) is 196 cm³/mol. The lowest BCUT2D eigenvalue weighted by molar-refractivity contribution is -0.109. The van der Waals surface area contributed by atoms with Gasteiger partial charge in [0.15, 0.2) is 5.84 Å². The molecule has 0 bridgehead atoms. The first-order valence-electron chi connectivity index (χ1n) is 17.5.